The van der Waals surface area contributed by atoms with E-state index in [4.69, 9.17) is 0 Å². The molecule has 1 rings (SSSR count). The highest BCUT2D eigenvalue weighted by molar-refractivity contribution is 5.89. The number of carbonyl (C=O) groups excluding carboxylic acids is 1. The van der Waals surface area contributed by atoms with Crippen LogP contribution >= 0.6 is 0 Å². The lowest BCUT2D eigenvalue weighted by atomic mass is 10.1. The summed E-state index contributed by atoms with van der Waals surface area (Å²) >= 11 is 0. The second-order valence-electron chi connectivity index (χ2n) is 3.90. The summed E-state index contributed by atoms with van der Waals surface area (Å²) in [6.07, 6.45) is 2.48. The summed E-state index contributed by atoms with van der Waals surface area (Å²) in [7, 11) is 0. The van der Waals surface area contributed by atoms with Crippen LogP contribution in [0.15, 0.2) is 6.07 Å². The maximum absolute atomic E-state index is 11.5. The summed E-state index contributed by atoms with van der Waals surface area (Å²) in [5.41, 5.74) is 1.04. The number of H-pyrrole nitrogens is 1. The minimum absolute atomic E-state index is 0.0403. The number of hydrogen-bond acceptors (Lipinski definition) is 2. The van der Waals surface area contributed by atoms with Gasteiger partial charge < -0.3 is 5.32 Å². The third kappa shape index (κ3) is 3.73. The lowest BCUT2D eigenvalue weighted by Crippen LogP contribution is -2.14. The van der Waals surface area contributed by atoms with Gasteiger partial charge in [-0.3, -0.25) is 9.89 Å². The Morgan fingerprint density at radius 3 is 2.87 bits per heavy atom. The molecule has 0 aliphatic heterocycles. The zero-order valence-corrected chi connectivity index (χ0v) is 9.63. The molecule has 4 nitrogen and oxygen atoms in total. The number of nitrogens with zero attached hydrogens (tertiary/aromatic N) is 1. The van der Waals surface area contributed by atoms with Crippen LogP contribution in [-0.4, -0.2) is 16.1 Å². The normalized spacial score (nSPS) is 12.5. The molecule has 2 N–H and O–H groups in total. The summed E-state index contributed by atoms with van der Waals surface area (Å²) in [5, 5.41) is 9.65. The van der Waals surface area contributed by atoms with Gasteiger partial charge in [0.05, 0.1) is 0 Å². The first-order valence-corrected chi connectivity index (χ1v) is 5.49. The fourth-order valence-corrected chi connectivity index (χ4v) is 1.26. The van der Waals surface area contributed by atoms with Crippen LogP contribution in [0.25, 0.3) is 0 Å². The van der Waals surface area contributed by atoms with Crippen molar-refractivity contribution in [3.05, 3.63) is 11.8 Å². The summed E-state index contributed by atoms with van der Waals surface area (Å²) < 4.78 is 0. The second kappa shape index (κ2) is 5.53. The topological polar surface area (TPSA) is 57.8 Å². The summed E-state index contributed by atoms with van der Waals surface area (Å²) in [4.78, 5) is 11.5. The molecule has 0 spiro atoms. The van der Waals surface area contributed by atoms with Crippen molar-refractivity contribution in [3.63, 3.8) is 0 Å². The first kappa shape index (κ1) is 11.8. The zero-order valence-electron chi connectivity index (χ0n) is 9.63. The largest absolute Gasteiger partial charge is 0.309 e. The number of nitrogens with one attached hydrogen (secondary N) is 2. The molecule has 1 aromatic heterocycles. The Bertz CT molecular complexity index is 319. The number of anilines is 1. The van der Waals surface area contributed by atoms with Gasteiger partial charge in [0.2, 0.25) is 5.91 Å². The van der Waals surface area contributed by atoms with E-state index in [0.29, 0.717) is 18.2 Å². The lowest BCUT2D eigenvalue weighted by molar-refractivity contribution is -0.117. The highest BCUT2D eigenvalue weighted by Gasteiger charge is 2.08. The number of aromatic amines is 1. The van der Waals surface area contributed by atoms with Crippen LogP contribution in [0.3, 0.4) is 0 Å². The first-order valence-electron chi connectivity index (χ1n) is 5.49. The van der Waals surface area contributed by atoms with Gasteiger partial charge in [0.1, 0.15) is 0 Å². The summed E-state index contributed by atoms with van der Waals surface area (Å²) in [6.45, 7) is 6.20. The van der Waals surface area contributed by atoms with E-state index in [9.17, 15) is 4.79 Å². The van der Waals surface area contributed by atoms with Crippen molar-refractivity contribution in [2.24, 2.45) is 5.92 Å². The number of hydrogen-bond donors (Lipinski definition) is 2. The van der Waals surface area contributed by atoms with Crippen molar-refractivity contribution in [2.45, 2.75) is 40.0 Å². The van der Waals surface area contributed by atoms with Crippen LogP contribution in [0.2, 0.25) is 0 Å². The van der Waals surface area contributed by atoms with Gasteiger partial charge >= 0.3 is 0 Å². The van der Waals surface area contributed by atoms with Gasteiger partial charge in [0.25, 0.3) is 0 Å². The van der Waals surface area contributed by atoms with Crippen molar-refractivity contribution < 1.29 is 4.79 Å². The molecule has 0 saturated carbocycles. The van der Waals surface area contributed by atoms with Crippen molar-refractivity contribution in [2.75, 3.05) is 5.32 Å². The smallest absolute Gasteiger partial charge is 0.225 e. The molecule has 84 valence electrons. The predicted molar refractivity (Wildman–Crippen MR) is 60.7 cm³/mol. The molecule has 0 aliphatic rings. The van der Waals surface area contributed by atoms with E-state index in [-0.39, 0.29) is 5.91 Å². The highest BCUT2D eigenvalue weighted by atomic mass is 16.1. The third-order valence-corrected chi connectivity index (χ3v) is 2.51. The molecular formula is C11H19N3O. The molecule has 1 amide bonds. The fraction of sp³-hybridized carbons (Fsp3) is 0.636. The first-order chi connectivity index (χ1) is 7.15. The maximum atomic E-state index is 11.5. The average molecular weight is 209 g/mol. The van der Waals surface area contributed by atoms with Crippen molar-refractivity contribution in [3.8, 4) is 0 Å². The van der Waals surface area contributed by atoms with Gasteiger partial charge in [-0.25, -0.2) is 0 Å². The Balaban J connectivity index is 2.44. The molecule has 0 aromatic carbocycles. The number of aryl methyl sites for hydroxylation is 1. The average Bonchev–Trinajstić information content (AvgIpc) is 2.65. The molecule has 1 atom stereocenters. The van der Waals surface area contributed by atoms with Crippen molar-refractivity contribution >= 4 is 11.7 Å². The Morgan fingerprint density at radius 2 is 2.33 bits per heavy atom. The van der Waals surface area contributed by atoms with Gasteiger partial charge in [-0.2, -0.15) is 5.10 Å². The Morgan fingerprint density at radius 1 is 1.60 bits per heavy atom. The van der Waals surface area contributed by atoms with Crippen molar-refractivity contribution in [1.82, 2.24) is 10.2 Å². The Kier molecular flexibility index (Phi) is 4.34. The molecule has 0 fully saturated rings. The van der Waals surface area contributed by atoms with E-state index in [1.165, 1.54) is 0 Å². The molecule has 15 heavy (non-hydrogen) atoms. The van der Waals surface area contributed by atoms with Crippen LogP contribution in [-0.2, 0) is 11.2 Å². The van der Waals surface area contributed by atoms with Crippen LogP contribution in [0.4, 0.5) is 5.82 Å². The van der Waals surface area contributed by atoms with E-state index in [2.05, 4.69) is 29.4 Å². The predicted octanol–water partition coefficient (Wildman–Crippen LogP) is 2.35. The summed E-state index contributed by atoms with van der Waals surface area (Å²) in [6, 6.07) is 1.87. The Hall–Kier alpha value is -1.32. The number of aromatic nitrogens is 2. The molecule has 4 heteroatoms. The second-order valence-corrected chi connectivity index (χ2v) is 3.90. The van der Waals surface area contributed by atoms with Gasteiger partial charge in [-0.15, -0.1) is 0 Å². The molecule has 0 aliphatic carbocycles. The SMILES string of the molecule is CCc1cc(NC(=O)CC(C)CC)n[nH]1. The Labute approximate surface area is 90.5 Å². The standard InChI is InChI=1S/C11H19N3O/c1-4-8(3)6-11(15)12-10-7-9(5-2)13-14-10/h7-8H,4-6H2,1-3H3,(H2,12,13,14,15). The molecule has 0 bridgehead atoms. The van der Waals surface area contributed by atoms with Gasteiger partial charge in [-0.05, 0) is 12.3 Å². The van der Waals surface area contributed by atoms with Crippen LogP contribution in [0.1, 0.15) is 39.3 Å². The highest BCUT2D eigenvalue weighted by Crippen LogP contribution is 2.10. The molecule has 1 unspecified atom stereocenters. The van der Waals surface area contributed by atoms with Gasteiger partial charge in [0.15, 0.2) is 5.82 Å². The number of carbonyl (C=O) groups is 1. The quantitative estimate of drug-likeness (QED) is 0.782. The molecule has 1 heterocycles. The van der Waals surface area contributed by atoms with E-state index in [1.54, 1.807) is 0 Å². The fourth-order valence-electron chi connectivity index (χ4n) is 1.26. The van der Waals surface area contributed by atoms with E-state index >= 15 is 0 Å². The van der Waals surface area contributed by atoms with Crippen molar-refractivity contribution in [1.29, 1.82) is 0 Å². The molecular weight excluding hydrogens is 190 g/mol. The van der Waals surface area contributed by atoms with Gasteiger partial charge in [-0.1, -0.05) is 27.2 Å². The zero-order chi connectivity index (χ0) is 11.3. The number of amides is 1. The van der Waals surface area contributed by atoms with E-state index in [1.807, 2.05) is 13.0 Å². The monoisotopic (exact) mass is 209 g/mol. The van der Waals surface area contributed by atoms with Crippen LogP contribution in [0.5, 0.6) is 0 Å². The van der Waals surface area contributed by atoms with E-state index < -0.39 is 0 Å². The van der Waals surface area contributed by atoms with Gasteiger partial charge in [0, 0.05) is 18.2 Å². The van der Waals surface area contributed by atoms with Crippen LogP contribution in [0, 0.1) is 5.92 Å². The minimum atomic E-state index is 0.0403. The molecule has 1 aromatic rings. The van der Waals surface area contributed by atoms with Crippen LogP contribution < -0.4 is 5.32 Å². The maximum Gasteiger partial charge on any atom is 0.225 e. The number of rotatable bonds is 5. The molecule has 0 radical (unpaired) electrons. The summed E-state index contributed by atoms with van der Waals surface area (Å²) in [5.74, 6) is 1.09. The third-order valence-electron chi connectivity index (χ3n) is 2.51. The minimum Gasteiger partial charge on any atom is -0.309 e. The molecule has 0 saturated heterocycles. The lowest BCUT2D eigenvalue weighted by Gasteiger charge is -2.06. The van der Waals surface area contributed by atoms with E-state index in [0.717, 1.165) is 18.5 Å².